The van der Waals surface area contributed by atoms with Crippen LogP contribution in [-0.4, -0.2) is 37.0 Å². The van der Waals surface area contributed by atoms with Gasteiger partial charge in [-0.3, -0.25) is 4.79 Å². The summed E-state index contributed by atoms with van der Waals surface area (Å²) < 4.78 is 5.38. The quantitative estimate of drug-likeness (QED) is 0.881. The molecule has 1 aliphatic heterocycles. The van der Waals surface area contributed by atoms with Crippen molar-refractivity contribution in [3.8, 4) is 5.75 Å². The van der Waals surface area contributed by atoms with Gasteiger partial charge in [0.1, 0.15) is 5.75 Å². The standard InChI is InChI=1S/C15H22N2O2/c1-2-19-14-5-3-13(4-6-14)15(18)17-10-8-12(11-17)7-9-16/h3-6,12H,2,7-11,16H2,1H3. The Balaban J connectivity index is 1.96. The summed E-state index contributed by atoms with van der Waals surface area (Å²) in [6.45, 7) is 4.97. The zero-order valence-electron chi connectivity index (χ0n) is 11.5. The molecule has 1 aromatic carbocycles. The van der Waals surface area contributed by atoms with Crippen molar-refractivity contribution in [3.05, 3.63) is 29.8 Å². The van der Waals surface area contributed by atoms with Gasteiger partial charge in [-0.1, -0.05) is 0 Å². The average Bonchev–Trinajstić information content (AvgIpc) is 2.88. The Morgan fingerprint density at radius 2 is 2.16 bits per heavy atom. The predicted octanol–water partition coefficient (Wildman–Crippen LogP) is 1.90. The van der Waals surface area contributed by atoms with Crippen molar-refractivity contribution >= 4 is 5.91 Å². The highest BCUT2D eigenvalue weighted by molar-refractivity contribution is 5.94. The number of likely N-dealkylation sites (tertiary alicyclic amines) is 1. The summed E-state index contributed by atoms with van der Waals surface area (Å²) in [6, 6.07) is 7.38. The van der Waals surface area contributed by atoms with Gasteiger partial charge in [-0.2, -0.15) is 0 Å². The van der Waals surface area contributed by atoms with Gasteiger partial charge in [0.25, 0.3) is 5.91 Å². The van der Waals surface area contributed by atoms with Crippen LogP contribution in [0.4, 0.5) is 0 Å². The Morgan fingerprint density at radius 3 is 2.79 bits per heavy atom. The molecule has 1 amide bonds. The molecule has 104 valence electrons. The average molecular weight is 262 g/mol. The molecule has 2 N–H and O–H groups in total. The molecule has 0 spiro atoms. The Kier molecular flexibility index (Phi) is 4.80. The molecular formula is C15H22N2O2. The maximum absolute atomic E-state index is 12.3. The molecule has 1 heterocycles. The predicted molar refractivity (Wildman–Crippen MR) is 75.3 cm³/mol. The number of carbonyl (C=O) groups is 1. The van der Waals surface area contributed by atoms with Crippen LogP contribution in [0.5, 0.6) is 5.75 Å². The maximum atomic E-state index is 12.3. The van der Waals surface area contributed by atoms with Crippen LogP contribution >= 0.6 is 0 Å². The molecule has 0 bridgehead atoms. The van der Waals surface area contributed by atoms with Crippen LogP contribution in [0.1, 0.15) is 30.1 Å². The van der Waals surface area contributed by atoms with Crippen molar-refractivity contribution in [1.29, 1.82) is 0 Å². The molecule has 0 aliphatic carbocycles. The van der Waals surface area contributed by atoms with E-state index < -0.39 is 0 Å². The lowest BCUT2D eigenvalue weighted by molar-refractivity contribution is 0.0786. The highest BCUT2D eigenvalue weighted by Gasteiger charge is 2.26. The summed E-state index contributed by atoms with van der Waals surface area (Å²) in [5.74, 6) is 1.49. The first kappa shape index (κ1) is 13.9. The maximum Gasteiger partial charge on any atom is 0.253 e. The number of hydrogen-bond donors (Lipinski definition) is 1. The molecule has 4 heteroatoms. The number of nitrogens with two attached hydrogens (primary N) is 1. The molecule has 4 nitrogen and oxygen atoms in total. The molecular weight excluding hydrogens is 240 g/mol. The second-order valence-electron chi connectivity index (χ2n) is 4.94. The van der Waals surface area contributed by atoms with Gasteiger partial charge in [-0.25, -0.2) is 0 Å². The number of nitrogens with zero attached hydrogens (tertiary/aromatic N) is 1. The highest BCUT2D eigenvalue weighted by atomic mass is 16.5. The van der Waals surface area contributed by atoms with Gasteiger partial charge in [-0.15, -0.1) is 0 Å². The lowest BCUT2D eigenvalue weighted by atomic mass is 10.1. The van der Waals surface area contributed by atoms with E-state index in [0.29, 0.717) is 19.1 Å². The number of benzene rings is 1. The van der Waals surface area contributed by atoms with E-state index in [4.69, 9.17) is 10.5 Å². The molecule has 0 saturated carbocycles. The largest absolute Gasteiger partial charge is 0.494 e. The van der Waals surface area contributed by atoms with E-state index in [-0.39, 0.29) is 5.91 Å². The monoisotopic (exact) mass is 262 g/mol. The molecule has 1 atom stereocenters. The summed E-state index contributed by atoms with van der Waals surface area (Å²) in [4.78, 5) is 14.2. The summed E-state index contributed by atoms with van der Waals surface area (Å²) in [7, 11) is 0. The van der Waals surface area contributed by atoms with Crippen molar-refractivity contribution in [1.82, 2.24) is 4.90 Å². The molecule has 19 heavy (non-hydrogen) atoms. The van der Waals surface area contributed by atoms with E-state index in [1.165, 1.54) is 0 Å². The molecule has 1 unspecified atom stereocenters. The van der Waals surface area contributed by atoms with E-state index >= 15 is 0 Å². The van der Waals surface area contributed by atoms with E-state index in [1.54, 1.807) is 0 Å². The second kappa shape index (κ2) is 6.57. The van der Waals surface area contributed by atoms with Gasteiger partial charge in [0.05, 0.1) is 6.61 Å². The first-order valence-electron chi connectivity index (χ1n) is 6.96. The highest BCUT2D eigenvalue weighted by Crippen LogP contribution is 2.21. The van der Waals surface area contributed by atoms with Crippen molar-refractivity contribution in [2.24, 2.45) is 11.7 Å². The summed E-state index contributed by atoms with van der Waals surface area (Å²) in [5.41, 5.74) is 6.30. The van der Waals surface area contributed by atoms with Crippen LogP contribution < -0.4 is 10.5 Å². The Labute approximate surface area is 114 Å². The zero-order chi connectivity index (χ0) is 13.7. The summed E-state index contributed by atoms with van der Waals surface area (Å²) in [6.07, 6.45) is 2.08. The second-order valence-corrected chi connectivity index (χ2v) is 4.94. The number of rotatable bonds is 5. The number of carbonyl (C=O) groups excluding carboxylic acids is 1. The fraction of sp³-hybridized carbons (Fsp3) is 0.533. The van der Waals surface area contributed by atoms with Gasteiger partial charge in [0.2, 0.25) is 0 Å². The molecule has 0 radical (unpaired) electrons. The van der Waals surface area contributed by atoms with Crippen molar-refractivity contribution in [2.75, 3.05) is 26.2 Å². The Hall–Kier alpha value is -1.55. The first-order chi connectivity index (χ1) is 9.24. The number of amides is 1. The first-order valence-corrected chi connectivity index (χ1v) is 6.96. The minimum Gasteiger partial charge on any atom is -0.494 e. The molecule has 2 rings (SSSR count). The topological polar surface area (TPSA) is 55.6 Å². The van der Waals surface area contributed by atoms with E-state index in [0.717, 1.165) is 37.2 Å². The third kappa shape index (κ3) is 3.47. The number of hydrogen-bond acceptors (Lipinski definition) is 3. The fourth-order valence-corrected chi connectivity index (χ4v) is 2.53. The van der Waals surface area contributed by atoms with Crippen molar-refractivity contribution < 1.29 is 9.53 Å². The molecule has 1 saturated heterocycles. The van der Waals surface area contributed by atoms with E-state index in [9.17, 15) is 4.79 Å². The van der Waals surface area contributed by atoms with Crippen LogP contribution in [-0.2, 0) is 0 Å². The Morgan fingerprint density at radius 1 is 1.42 bits per heavy atom. The minimum atomic E-state index is 0.113. The summed E-state index contributed by atoms with van der Waals surface area (Å²) in [5, 5.41) is 0. The lowest BCUT2D eigenvalue weighted by Crippen LogP contribution is -2.28. The molecule has 1 aromatic rings. The normalized spacial score (nSPS) is 18.6. The van der Waals surface area contributed by atoms with Crippen molar-refractivity contribution in [2.45, 2.75) is 19.8 Å². The van der Waals surface area contributed by atoms with Gasteiger partial charge in [-0.05, 0) is 56.5 Å². The summed E-state index contributed by atoms with van der Waals surface area (Å²) >= 11 is 0. The van der Waals surface area contributed by atoms with E-state index in [2.05, 4.69) is 0 Å². The molecule has 0 aromatic heterocycles. The molecule has 1 aliphatic rings. The van der Waals surface area contributed by atoms with Gasteiger partial charge in [0, 0.05) is 18.7 Å². The fourth-order valence-electron chi connectivity index (χ4n) is 2.53. The van der Waals surface area contributed by atoms with Gasteiger partial charge < -0.3 is 15.4 Å². The zero-order valence-corrected chi connectivity index (χ0v) is 11.5. The lowest BCUT2D eigenvalue weighted by Gasteiger charge is -2.16. The van der Waals surface area contributed by atoms with Crippen LogP contribution in [0.3, 0.4) is 0 Å². The third-order valence-corrected chi connectivity index (χ3v) is 3.56. The van der Waals surface area contributed by atoms with Crippen LogP contribution in [0.2, 0.25) is 0 Å². The number of ether oxygens (including phenoxy) is 1. The van der Waals surface area contributed by atoms with Crippen LogP contribution in [0.15, 0.2) is 24.3 Å². The smallest absolute Gasteiger partial charge is 0.253 e. The van der Waals surface area contributed by atoms with Crippen LogP contribution in [0.25, 0.3) is 0 Å². The van der Waals surface area contributed by atoms with Gasteiger partial charge in [0.15, 0.2) is 0 Å². The van der Waals surface area contributed by atoms with E-state index in [1.807, 2.05) is 36.1 Å². The molecule has 1 fully saturated rings. The Bertz CT molecular complexity index is 417. The minimum absolute atomic E-state index is 0.113. The SMILES string of the molecule is CCOc1ccc(C(=O)N2CCC(CCN)C2)cc1. The third-order valence-electron chi connectivity index (χ3n) is 3.56. The van der Waals surface area contributed by atoms with Crippen LogP contribution in [0, 0.1) is 5.92 Å². The van der Waals surface area contributed by atoms with Gasteiger partial charge >= 0.3 is 0 Å². The van der Waals surface area contributed by atoms with Crippen molar-refractivity contribution in [3.63, 3.8) is 0 Å².